The van der Waals surface area contributed by atoms with Gasteiger partial charge in [0.15, 0.2) is 0 Å². The number of ether oxygens (including phenoxy) is 2. The van der Waals surface area contributed by atoms with E-state index in [4.69, 9.17) is 9.47 Å². The first-order chi connectivity index (χ1) is 8.31. The fraction of sp³-hybridized carbons (Fsp3) is 0.286. The first kappa shape index (κ1) is 11.7. The van der Waals surface area contributed by atoms with E-state index in [1.165, 1.54) is 0 Å². The highest BCUT2D eigenvalue weighted by Gasteiger charge is 2.04. The van der Waals surface area contributed by atoms with Gasteiger partial charge in [0.1, 0.15) is 11.5 Å². The third kappa shape index (κ3) is 2.88. The molecule has 0 bridgehead atoms. The summed E-state index contributed by atoms with van der Waals surface area (Å²) in [6, 6.07) is 11.2. The lowest BCUT2D eigenvalue weighted by molar-refractivity contribution is 0.172. The number of benzene rings is 2. The summed E-state index contributed by atoms with van der Waals surface area (Å²) in [5, 5.41) is 11.6. The van der Waals surface area contributed by atoms with Gasteiger partial charge in [-0.05, 0) is 11.5 Å². The van der Waals surface area contributed by atoms with Crippen LogP contribution in [-0.2, 0) is 4.74 Å². The molecular formula is C14H16O3. The normalized spacial score (nSPS) is 10.6. The summed E-state index contributed by atoms with van der Waals surface area (Å²) >= 11 is 0. The molecule has 3 heteroatoms. The molecule has 0 aliphatic rings. The van der Waals surface area contributed by atoms with E-state index < -0.39 is 0 Å². The molecular weight excluding hydrogens is 216 g/mol. The van der Waals surface area contributed by atoms with Crippen molar-refractivity contribution in [2.75, 3.05) is 20.3 Å². The Kier molecular flexibility index (Phi) is 3.83. The van der Waals surface area contributed by atoms with Gasteiger partial charge in [0.25, 0.3) is 0 Å². The van der Waals surface area contributed by atoms with Gasteiger partial charge in [-0.1, -0.05) is 24.3 Å². The zero-order valence-electron chi connectivity index (χ0n) is 9.85. The number of hydrogen-bond donors (Lipinski definition) is 1. The van der Waals surface area contributed by atoms with Crippen LogP contribution in [0, 0.1) is 0 Å². The SMILES string of the molecule is COCCCOc1cc(O)cc2ccccc12. The van der Waals surface area contributed by atoms with Crippen LogP contribution in [0.3, 0.4) is 0 Å². The standard InChI is InChI=1S/C14H16O3/c1-16-7-4-8-17-14-10-12(15)9-11-5-2-3-6-13(11)14/h2-3,5-6,9-10,15H,4,7-8H2,1H3. The summed E-state index contributed by atoms with van der Waals surface area (Å²) < 4.78 is 10.6. The molecule has 0 spiro atoms. The fourth-order valence-electron chi connectivity index (χ4n) is 1.77. The minimum Gasteiger partial charge on any atom is -0.508 e. The second-order valence-corrected chi connectivity index (χ2v) is 3.86. The molecule has 2 aromatic carbocycles. The monoisotopic (exact) mass is 232 g/mol. The molecule has 0 aromatic heterocycles. The third-order valence-electron chi connectivity index (χ3n) is 2.56. The van der Waals surface area contributed by atoms with Crippen LogP contribution >= 0.6 is 0 Å². The van der Waals surface area contributed by atoms with Crippen LogP contribution in [0.4, 0.5) is 0 Å². The molecule has 0 amide bonds. The van der Waals surface area contributed by atoms with Crippen LogP contribution < -0.4 is 4.74 Å². The Hall–Kier alpha value is -1.74. The Morgan fingerprint density at radius 1 is 1.12 bits per heavy atom. The van der Waals surface area contributed by atoms with E-state index in [0.717, 1.165) is 22.9 Å². The second-order valence-electron chi connectivity index (χ2n) is 3.86. The molecule has 3 nitrogen and oxygen atoms in total. The Bertz CT molecular complexity index is 494. The van der Waals surface area contributed by atoms with Crippen molar-refractivity contribution in [2.24, 2.45) is 0 Å². The average Bonchev–Trinajstić information content (AvgIpc) is 2.34. The first-order valence-corrected chi connectivity index (χ1v) is 5.65. The van der Waals surface area contributed by atoms with Crippen LogP contribution in [-0.4, -0.2) is 25.4 Å². The van der Waals surface area contributed by atoms with Gasteiger partial charge >= 0.3 is 0 Å². The van der Waals surface area contributed by atoms with Gasteiger partial charge in [-0.2, -0.15) is 0 Å². The number of methoxy groups -OCH3 is 1. The average molecular weight is 232 g/mol. The highest BCUT2D eigenvalue weighted by atomic mass is 16.5. The Morgan fingerprint density at radius 3 is 2.76 bits per heavy atom. The zero-order chi connectivity index (χ0) is 12.1. The van der Waals surface area contributed by atoms with E-state index in [-0.39, 0.29) is 5.75 Å². The van der Waals surface area contributed by atoms with Gasteiger partial charge in [0.05, 0.1) is 6.61 Å². The number of hydrogen-bond acceptors (Lipinski definition) is 3. The first-order valence-electron chi connectivity index (χ1n) is 5.65. The number of rotatable bonds is 5. The lowest BCUT2D eigenvalue weighted by Crippen LogP contribution is -2.01. The predicted molar refractivity (Wildman–Crippen MR) is 67.6 cm³/mol. The van der Waals surface area contributed by atoms with Crippen molar-refractivity contribution in [3.05, 3.63) is 36.4 Å². The van der Waals surface area contributed by atoms with Crippen molar-refractivity contribution >= 4 is 10.8 Å². The van der Waals surface area contributed by atoms with Crippen molar-refractivity contribution in [3.8, 4) is 11.5 Å². The number of fused-ring (bicyclic) bond motifs is 1. The van der Waals surface area contributed by atoms with Gasteiger partial charge in [-0.3, -0.25) is 0 Å². The minimum atomic E-state index is 0.227. The molecule has 0 aliphatic carbocycles. The molecule has 2 aromatic rings. The summed E-state index contributed by atoms with van der Waals surface area (Å²) in [6.07, 6.45) is 0.834. The van der Waals surface area contributed by atoms with Crippen molar-refractivity contribution in [1.29, 1.82) is 0 Å². The molecule has 17 heavy (non-hydrogen) atoms. The quantitative estimate of drug-likeness (QED) is 0.805. The molecule has 0 atom stereocenters. The zero-order valence-corrected chi connectivity index (χ0v) is 9.85. The smallest absolute Gasteiger partial charge is 0.130 e. The molecule has 90 valence electrons. The van der Waals surface area contributed by atoms with E-state index in [1.54, 1.807) is 19.2 Å². The Labute approximate surface area is 101 Å². The molecule has 0 fully saturated rings. The maximum absolute atomic E-state index is 9.61. The van der Waals surface area contributed by atoms with Crippen molar-refractivity contribution in [2.45, 2.75) is 6.42 Å². The van der Waals surface area contributed by atoms with Crippen molar-refractivity contribution in [3.63, 3.8) is 0 Å². The maximum Gasteiger partial charge on any atom is 0.130 e. The second kappa shape index (κ2) is 5.55. The van der Waals surface area contributed by atoms with E-state index in [2.05, 4.69) is 0 Å². The molecule has 1 N–H and O–H groups in total. The number of aromatic hydroxyl groups is 1. The topological polar surface area (TPSA) is 38.7 Å². The van der Waals surface area contributed by atoms with Gasteiger partial charge in [-0.25, -0.2) is 0 Å². The van der Waals surface area contributed by atoms with E-state index >= 15 is 0 Å². The van der Waals surface area contributed by atoms with Gasteiger partial charge in [0, 0.05) is 31.6 Å². The molecule has 0 radical (unpaired) electrons. The van der Waals surface area contributed by atoms with E-state index in [0.29, 0.717) is 13.2 Å². The van der Waals surface area contributed by atoms with Gasteiger partial charge < -0.3 is 14.6 Å². The largest absolute Gasteiger partial charge is 0.508 e. The van der Waals surface area contributed by atoms with Crippen LogP contribution in [0.2, 0.25) is 0 Å². The lowest BCUT2D eigenvalue weighted by atomic mass is 10.1. The molecule has 0 saturated carbocycles. The van der Waals surface area contributed by atoms with Crippen molar-refractivity contribution in [1.82, 2.24) is 0 Å². The molecule has 0 aliphatic heterocycles. The lowest BCUT2D eigenvalue weighted by Gasteiger charge is -2.09. The van der Waals surface area contributed by atoms with Crippen LogP contribution in [0.15, 0.2) is 36.4 Å². The highest BCUT2D eigenvalue weighted by molar-refractivity contribution is 5.89. The predicted octanol–water partition coefficient (Wildman–Crippen LogP) is 2.96. The molecule has 0 unspecified atom stereocenters. The van der Waals surface area contributed by atoms with Gasteiger partial charge in [-0.15, -0.1) is 0 Å². The van der Waals surface area contributed by atoms with Crippen LogP contribution in [0.5, 0.6) is 11.5 Å². The summed E-state index contributed by atoms with van der Waals surface area (Å²) in [5.74, 6) is 0.946. The fourth-order valence-corrected chi connectivity index (χ4v) is 1.77. The molecule has 2 rings (SSSR count). The maximum atomic E-state index is 9.61. The number of phenolic OH excluding ortho intramolecular Hbond substituents is 1. The third-order valence-corrected chi connectivity index (χ3v) is 2.56. The summed E-state index contributed by atoms with van der Waals surface area (Å²) in [6.45, 7) is 1.26. The summed E-state index contributed by atoms with van der Waals surface area (Å²) in [7, 11) is 1.67. The van der Waals surface area contributed by atoms with E-state index in [1.807, 2.05) is 24.3 Å². The summed E-state index contributed by atoms with van der Waals surface area (Å²) in [5.41, 5.74) is 0. The summed E-state index contributed by atoms with van der Waals surface area (Å²) in [4.78, 5) is 0. The van der Waals surface area contributed by atoms with E-state index in [9.17, 15) is 5.11 Å². The molecule has 0 saturated heterocycles. The minimum absolute atomic E-state index is 0.227. The highest BCUT2D eigenvalue weighted by Crippen LogP contribution is 2.30. The Morgan fingerprint density at radius 2 is 1.94 bits per heavy atom. The molecule has 0 heterocycles. The van der Waals surface area contributed by atoms with Crippen LogP contribution in [0.25, 0.3) is 10.8 Å². The number of phenols is 1. The Balaban J connectivity index is 2.20. The van der Waals surface area contributed by atoms with Crippen LogP contribution in [0.1, 0.15) is 6.42 Å². The van der Waals surface area contributed by atoms with Gasteiger partial charge in [0.2, 0.25) is 0 Å². The van der Waals surface area contributed by atoms with Crippen molar-refractivity contribution < 1.29 is 14.6 Å².